The first kappa shape index (κ1) is 40.5. The number of aromatic nitrogens is 1. The summed E-state index contributed by atoms with van der Waals surface area (Å²) in [6, 6.07) is 28.4. The van der Waals surface area contributed by atoms with Crippen molar-refractivity contribution in [2.75, 3.05) is 13.1 Å². The number of rotatable bonds is 20. The minimum atomic E-state index is -0.840. The van der Waals surface area contributed by atoms with Crippen LogP contribution in [0.4, 0.5) is 0 Å². The average Bonchev–Trinajstić information content (AvgIpc) is 3.17. The molecule has 4 N–H and O–H groups in total. The highest BCUT2D eigenvalue weighted by Gasteiger charge is 2.16. The largest absolute Gasteiger partial charge is 0.488 e. The van der Waals surface area contributed by atoms with Crippen LogP contribution in [0.3, 0.4) is 0 Å². The standard InChI is InChI=1S/C44H45ClN4O6/c1-29-35(7-3-9-38(29)39-10-4-8-37(30(39)2)34-15-13-31(14-16-34)23-47-17-5-11-43(50)51)28-55-42-21-41(54-27-33-19-32(22-46)24-49-25-33)36(20-40(42)45)26-48-18-6-12-44(52)53/h3-4,7-10,13-16,19-21,24-25,47-48H,5-6,11-12,17-18,23,26-28H2,1-2H3,(H,50,51)(H,52,53). The zero-order valence-electron chi connectivity index (χ0n) is 31.0. The number of aliphatic carboxylic acids is 2. The van der Waals surface area contributed by atoms with Gasteiger partial charge in [0.15, 0.2) is 0 Å². The third-order valence-corrected chi connectivity index (χ3v) is 9.58. The molecule has 55 heavy (non-hydrogen) atoms. The quantitative estimate of drug-likeness (QED) is 0.0567. The van der Waals surface area contributed by atoms with Crippen molar-refractivity contribution in [1.82, 2.24) is 15.6 Å². The summed E-state index contributed by atoms with van der Waals surface area (Å²) in [7, 11) is 0. The molecule has 1 heterocycles. The first-order chi connectivity index (χ1) is 26.6. The van der Waals surface area contributed by atoms with Gasteiger partial charge in [-0.2, -0.15) is 5.26 Å². The SMILES string of the molecule is Cc1c(COc2cc(OCc3cncc(C#N)c3)c(CNCCCC(=O)O)cc2Cl)cccc1-c1cccc(-c2ccc(CNCCCC(=O)O)cc2)c1C. The molecule has 0 atom stereocenters. The number of nitriles is 1. The Balaban J connectivity index is 1.31. The molecule has 1 aromatic heterocycles. The number of pyridine rings is 1. The van der Waals surface area contributed by atoms with E-state index in [4.69, 9.17) is 31.3 Å². The first-order valence-electron chi connectivity index (χ1n) is 18.2. The van der Waals surface area contributed by atoms with E-state index in [9.17, 15) is 14.9 Å². The molecule has 0 saturated carbocycles. The van der Waals surface area contributed by atoms with E-state index in [-0.39, 0.29) is 26.1 Å². The number of hydrogen-bond donors (Lipinski definition) is 4. The maximum absolute atomic E-state index is 10.9. The molecular formula is C44H45ClN4O6. The average molecular weight is 761 g/mol. The molecule has 5 rings (SSSR count). The monoisotopic (exact) mass is 760 g/mol. The number of carboxylic acids is 2. The Bertz CT molecular complexity index is 2150. The van der Waals surface area contributed by atoms with E-state index in [0.29, 0.717) is 61.1 Å². The van der Waals surface area contributed by atoms with Gasteiger partial charge >= 0.3 is 11.9 Å². The lowest BCUT2D eigenvalue weighted by Crippen LogP contribution is -2.16. The summed E-state index contributed by atoms with van der Waals surface area (Å²) in [5.41, 5.74) is 10.8. The van der Waals surface area contributed by atoms with Gasteiger partial charge < -0.3 is 30.3 Å². The fourth-order valence-electron chi connectivity index (χ4n) is 6.26. The van der Waals surface area contributed by atoms with Crippen molar-refractivity contribution in [2.45, 2.75) is 65.8 Å². The number of carboxylic acid groups (broad SMARTS) is 2. The summed E-state index contributed by atoms with van der Waals surface area (Å²) >= 11 is 6.77. The highest BCUT2D eigenvalue weighted by Crippen LogP contribution is 2.37. The number of hydrogen-bond acceptors (Lipinski definition) is 8. The van der Waals surface area contributed by atoms with E-state index < -0.39 is 11.9 Å². The molecule has 5 aromatic rings. The molecule has 0 amide bonds. The second-order valence-corrected chi connectivity index (χ2v) is 13.7. The molecule has 0 aliphatic carbocycles. The van der Waals surface area contributed by atoms with Crippen LogP contribution in [-0.2, 0) is 35.9 Å². The fraction of sp³-hybridized carbons (Fsp3) is 0.273. The predicted molar refractivity (Wildman–Crippen MR) is 213 cm³/mol. The molecule has 0 fully saturated rings. The van der Waals surface area contributed by atoms with E-state index in [1.165, 1.54) is 6.20 Å². The highest BCUT2D eigenvalue weighted by atomic mass is 35.5. The Morgan fingerprint density at radius 2 is 1.36 bits per heavy atom. The zero-order valence-corrected chi connectivity index (χ0v) is 31.8. The van der Waals surface area contributed by atoms with Gasteiger partial charge in [-0.3, -0.25) is 14.6 Å². The molecule has 4 aromatic carbocycles. The van der Waals surface area contributed by atoms with Crippen LogP contribution in [0.1, 0.15) is 64.6 Å². The molecule has 0 saturated heterocycles. The van der Waals surface area contributed by atoms with Crippen molar-refractivity contribution in [3.63, 3.8) is 0 Å². The number of benzene rings is 4. The third-order valence-electron chi connectivity index (χ3n) is 9.28. The van der Waals surface area contributed by atoms with Crippen molar-refractivity contribution in [3.8, 4) is 39.8 Å². The zero-order chi connectivity index (χ0) is 39.2. The van der Waals surface area contributed by atoms with Gasteiger partial charge in [0.1, 0.15) is 30.8 Å². The summed E-state index contributed by atoms with van der Waals surface area (Å²) in [4.78, 5) is 25.8. The van der Waals surface area contributed by atoms with Gasteiger partial charge in [0.05, 0.1) is 10.6 Å². The van der Waals surface area contributed by atoms with E-state index in [2.05, 4.69) is 84.1 Å². The molecule has 0 aliphatic rings. The number of nitrogens with zero attached hydrogens (tertiary/aromatic N) is 2. The lowest BCUT2D eigenvalue weighted by molar-refractivity contribution is -0.138. The van der Waals surface area contributed by atoms with Gasteiger partial charge in [0.25, 0.3) is 0 Å². The summed E-state index contributed by atoms with van der Waals surface area (Å²) < 4.78 is 12.6. The van der Waals surface area contributed by atoms with Crippen LogP contribution >= 0.6 is 11.6 Å². The maximum Gasteiger partial charge on any atom is 0.303 e. The van der Waals surface area contributed by atoms with Crippen molar-refractivity contribution in [3.05, 3.63) is 135 Å². The van der Waals surface area contributed by atoms with Gasteiger partial charge in [-0.15, -0.1) is 0 Å². The van der Waals surface area contributed by atoms with Crippen LogP contribution < -0.4 is 20.1 Å². The smallest absolute Gasteiger partial charge is 0.303 e. The number of nitrogens with one attached hydrogen (secondary N) is 2. The Kier molecular flexibility index (Phi) is 14.8. The Hall–Kier alpha value is -5.73. The van der Waals surface area contributed by atoms with E-state index in [1.807, 2.05) is 12.1 Å². The van der Waals surface area contributed by atoms with E-state index in [0.717, 1.165) is 55.6 Å². The third kappa shape index (κ3) is 11.6. The lowest BCUT2D eigenvalue weighted by Gasteiger charge is -2.18. The van der Waals surface area contributed by atoms with Gasteiger partial charge in [-0.1, -0.05) is 72.3 Å². The van der Waals surface area contributed by atoms with Crippen LogP contribution in [0.2, 0.25) is 5.02 Å². The second-order valence-electron chi connectivity index (χ2n) is 13.3. The molecule has 284 valence electrons. The fourth-order valence-corrected chi connectivity index (χ4v) is 6.50. The van der Waals surface area contributed by atoms with Gasteiger partial charge in [0.2, 0.25) is 0 Å². The predicted octanol–water partition coefficient (Wildman–Crippen LogP) is 8.62. The number of halogens is 1. The summed E-state index contributed by atoms with van der Waals surface area (Å²) in [5, 5.41) is 34.1. The first-order valence-corrected chi connectivity index (χ1v) is 18.6. The van der Waals surface area contributed by atoms with E-state index in [1.54, 1.807) is 24.4 Å². The van der Waals surface area contributed by atoms with Crippen molar-refractivity contribution < 1.29 is 29.3 Å². The molecule has 0 spiro atoms. The molecule has 0 aliphatic heterocycles. The maximum atomic E-state index is 10.9. The van der Waals surface area contributed by atoms with Crippen LogP contribution in [0.5, 0.6) is 11.5 Å². The van der Waals surface area contributed by atoms with Gasteiger partial charge in [-0.25, -0.2) is 0 Å². The Morgan fingerprint density at radius 3 is 2.05 bits per heavy atom. The lowest BCUT2D eigenvalue weighted by atomic mass is 9.89. The minimum absolute atomic E-state index is 0.0739. The minimum Gasteiger partial charge on any atom is -0.488 e. The van der Waals surface area contributed by atoms with Crippen molar-refractivity contribution in [2.24, 2.45) is 0 Å². The molecule has 0 unspecified atom stereocenters. The summed E-state index contributed by atoms with van der Waals surface area (Å²) in [5.74, 6) is -0.615. The summed E-state index contributed by atoms with van der Waals surface area (Å²) in [6.45, 7) is 6.93. The highest BCUT2D eigenvalue weighted by molar-refractivity contribution is 6.32. The van der Waals surface area contributed by atoms with Crippen LogP contribution in [0.25, 0.3) is 22.3 Å². The molecule has 0 bridgehead atoms. The van der Waals surface area contributed by atoms with Gasteiger partial charge in [0, 0.05) is 55.5 Å². The van der Waals surface area contributed by atoms with Gasteiger partial charge in [-0.05, 0) is 96.4 Å². The van der Waals surface area contributed by atoms with Crippen molar-refractivity contribution >= 4 is 23.5 Å². The normalized spacial score (nSPS) is 10.9. The molecule has 10 nitrogen and oxygen atoms in total. The molecule has 0 radical (unpaired) electrons. The second kappa shape index (κ2) is 20.1. The van der Waals surface area contributed by atoms with Crippen LogP contribution in [0.15, 0.2) is 91.3 Å². The topological polar surface area (TPSA) is 154 Å². The number of ether oxygens (including phenoxy) is 2. The number of carbonyl (C=O) groups is 2. The summed E-state index contributed by atoms with van der Waals surface area (Å²) in [6.07, 6.45) is 4.46. The Labute approximate surface area is 326 Å². The van der Waals surface area contributed by atoms with Crippen LogP contribution in [-0.4, -0.2) is 40.2 Å². The van der Waals surface area contributed by atoms with Crippen molar-refractivity contribution in [1.29, 1.82) is 5.26 Å². The molecule has 11 heteroatoms. The Morgan fingerprint density at radius 1 is 0.727 bits per heavy atom. The van der Waals surface area contributed by atoms with E-state index >= 15 is 0 Å². The van der Waals surface area contributed by atoms with Crippen LogP contribution in [0, 0.1) is 25.2 Å². The molecular weight excluding hydrogens is 716 g/mol.